The van der Waals surface area contributed by atoms with Gasteiger partial charge in [0.2, 0.25) is 5.75 Å². The van der Waals surface area contributed by atoms with Gasteiger partial charge in [0.15, 0.2) is 11.6 Å². The Bertz CT molecular complexity index is 714. The highest BCUT2D eigenvalue weighted by Gasteiger charge is 2.35. The molecule has 1 fully saturated rings. The van der Waals surface area contributed by atoms with Crippen molar-refractivity contribution in [3.05, 3.63) is 48.1 Å². The monoisotopic (exact) mass is 386 g/mol. The van der Waals surface area contributed by atoms with E-state index in [4.69, 9.17) is 0 Å². The summed E-state index contributed by atoms with van der Waals surface area (Å²) in [4.78, 5) is 0. The Morgan fingerprint density at radius 2 is 1.70 bits per heavy atom. The topological polar surface area (TPSA) is 9.23 Å². The van der Waals surface area contributed by atoms with E-state index in [9.17, 15) is 22.0 Å². The van der Waals surface area contributed by atoms with Crippen molar-refractivity contribution in [2.45, 2.75) is 51.3 Å². The molecular formula is C21H23F5O. The summed E-state index contributed by atoms with van der Waals surface area (Å²) in [7, 11) is 0. The fourth-order valence-corrected chi connectivity index (χ4v) is 4.37. The average molecular weight is 386 g/mol. The molecule has 1 atom stereocenters. The van der Waals surface area contributed by atoms with E-state index < -0.39 is 23.7 Å². The Morgan fingerprint density at radius 1 is 1.00 bits per heavy atom. The Morgan fingerprint density at radius 3 is 2.26 bits per heavy atom. The van der Waals surface area contributed by atoms with Crippen LogP contribution in [0.5, 0.6) is 5.75 Å². The molecule has 1 saturated carbocycles. The van der Waals surface area contributed by atoms with Crippen LogP contribution >= 0.6 is 0 Å². The third kappa shape index (κ3) is 4.71. The fraction of sp³-hybridized carbons (Fsp3) is 0.524. The van der Waals surface area contributed by atoms with Gasteiger partial charge in [0.1, 0.15) is 0 Å². The lowest BCUT2D eigenvalue weighted by Gasteiger charge is -2.34. The highest BCUT2D eigenvalue weighted by atomic mass is 19.4. The normalized spacial score (nSPS) is 26.4. The van der Waals surface area contributed by atoms with Crippen molar-refractivity contribution in [3.8, 4) is 5.75 Å². The largest absolute Gasteiger partial charge is 0.573 e. The van der Waals surface area contributed by atoms with Gasteiger partial charge in [-0.2, -0.15) is 0 Å². The molecule has 0 aromatic heterocycles. The molecule has 27 heavy (non-hydrogen) atoms. The SMILES string of the molecule is C=CC1CCC(C2CC=C(c3ccc(F)c(OC(F)(F)F)c3F)CC2)CC1. The number of allylic oxidation sites excluding steroid dienone is 3. The number of alkyl halides is 3. The quantitative estimate of drug-likeness (QED) is 0.398. The summed E-state index contributed by atoms with van der Waals surface area (Å²) >= 11 is 0. The van der Waals surface area contributed by atoms with E-state index in [1.54, 1.807) is 0 Å². The van der Waals surface area contributed by atoms with Crippen molar-refractivity contribution in [2.75, 3.05) is 0 Å². The van der Waals surface area contributed by atoms with Crippen LogP contribution < -0.4 is 4.74 Å². The first-order valence-electron chi connectivity index (χ1n) is 9.34. The van der Waals surface area contributed by atoms with E-state index in [1.807, 2.05) is 12.2 Å². The molecule has 0 spiro atoms. The summed E-state index contributed by atoms with van der Waals surface area (Å²) in [6.45, 7) is 3.86. The molecule has 6 heteroatoms. The highest BCUT2D eigenvalue weighted by Crippen LogP contribution is 2.42. The molecule has 0 radical (unpaired) electrons. The fourth-order valence-electron chi connectivity index (χ4n) is 4.37. The molecule has 0 amide bonds. The van der Waals surface area contributed by atoms with Gasteiger partial charge in [0.25, 0.3) is 0 Å². The van der Waals surface area contributed by atoms with E-state index in [1.165, 1.54) is 6.07 Å². The van der Waals surface area contributed by atoms with Gasteiger partial charge in [-0.25, -0.2) is 8.78 Å². The van der Waals surface area contributed by atoms with Gasteiger partial charge >= 0.3 is 6.36 Å². The molecule has 2 aliphatic rings. The minimum Gasteiger partial charge on any atom is -0.399 e. The van der Waals surface area contributed by atoms with Crippen molar-refractivity contribution < 1.29 is 26.7 Å². The maximum Gasteiger partial charge on any atom is 0.573 e. The van der Waals surface area contributed by atoms with Gasteiger partial charge in [0.05, 0.1) is 0 Å². The molecule has 2 aliphatic carbocycles. The lowest BCUT2D eigenvalue weighted by atomic mass is 9.71. The predicted molar refractivity (Wildman–Crippen MR) is 94.0 cm³/mol. The predicted octanol–water partition coefficient (Wildman–Crippen LogP) is 7.04. The lowest BCUT2D eigenvalue weighted by Crippen LogP contribution is -2.22. The number of benzene rings is 1. The Labute approximate surface area is 155 Å². The minimum atomic E-state index is -5.14. The van der Waals surface area contributed by atoms with Gasteiger partial charge in [-0.3, -0.25) is 0 Å². The zero-order valence-corrected chi connectivity index (χ0v) is 15.0. The standard InChI is InChI=1S/C21H23F5O/c1-2-13-3-5-14(6-4-13)15-7-9-16(10-8-15)17-11-12-18(22)20(19(17)23)27-21(24,25)26/h2,9,11-15H,1,3-8,10H2. The average Bonchev–Trinajstić information content (AvgIpc) is 2.65. The molecule has 1 nitrogen and oxygen atoms in total. The second-order valence-electron chi connectivity index (χ2n) is 7.46. The van der Waals surface area contributed by atoms with Crippen molar-refractivity contribution >= 4 is 5.57 Å². The summed E-state index contributed by atoms with van der Waals surface area (Å²) in [5, 5.41) is 0. The van der Waals surface area contributed by atoms with E-state index in [2.05, 4.69) is 11.3 Å². The number of hydrogen-bond acceptors (Lipinski definition) is 1. The Kier molecular flexibility index (Phi) is 5.92. The molecule has 148 valence electrons. The van der Waals surface area contributed by atoms with Crippen LogP contribution in [-0.4, -0.2) is 6.36 Å². The van der Waals surface area contributed by atoms with Crippen LogP contribution in [0.25, 0.3) is 5.57 Å². The van der Waals surface area contributed by atoms with Crippen molar-refractivity contribution in [1.29, 1.82) is 0 Å². The summed E-state index contributed by atoms with van der Waals surface area (Å²) in [6.07, 6.45) is 5.56. The zero-order valence-electron chi connectivity index (χ0n) is 15.0. The first-order valence-corrected chi connectivity index (χ1v) is 9.34. The van der Waals surface area contributed by atoms with Gasteiger partial charge in [0, 0.05) is 5.56 Å². The smallest absolute Gasteiger partial charge is 0.399 e. The van der Waals surface area contributed by atoms with Crippen LogP contribution in [0.15, 0.2) is 30.9 Å². The Hall–Kier alpha value is -1.85. The zero-order chi connectivity index (χ0) is 19.6. The second-order valence-corrected chi connectivity index (χ2v) is 7.46. The van der Waals surface area contributed by atoms with E-state index in [0.29, 0.717) is 29.7 Å². The second kappa shape index (κ2) is 8.03. The van der Waals surface area contributed by atoms with Crippen LogP contribution in [0.4, 0.5) is 22.0 Å². The summed E-state index contributed by atoms with van der Waals surface area (Å²) in [6, 6.07) is 2.01. The van der Waals surface area contributed by atoms with Crippen LogP contribution in [-0.2, 0) is 0 Å². The van der Waals surface area contributed by atoms with Crippen LogP contribution in [0.3, 0.4) is 0 Å². The number of hydrogen-bond donors (Lipinski definition) is 0. The van der Waals surface area contributed by atoms with Crippen LogP contribution in [0.1, 0.15) is 50.5 Å². The van der Waals surface area contributed by atoms with E-state index >= 15 is 0 Å². The maximum atomic E-state index is 14.5. The van der Waals surface area contributed by atoms with Crippen molar-refractivity contribution in [2.24, 2.45) is 17.8 Å². The van der Waals surface area contributed by atoms with Gasteiger partial charge in [-0.05, 0) is 80.4 Å². The van der Waals surface area contributed by atoms with Gasteiger partial charge in [-0.1, -0.05) is 12.2 Å². The maximum absolute atomic E-state index is 14.5. The lowest BCUT2D eigenvalue weighted by molar-refractivity contribution is -0.276. The molecule has 1 aromatic rings. The minimum absolute atomic E-state index is 0.00975. The highest BCUT2D eigenvalue weighted by molar-refractivity contribution is 5.68. The Balaban J connectivity index is 1.72. The van der Waals surface area contributed by atoms with E-state index in [0.717, 1.165) is 44.6 Å². The molecule has 0 saturated heterocycles. The molecular weight excluding hydrogens is 363 g/mol. The molecule has 0 aliphatic heterocycles. The molecule has 0 heterocycles. The van der Waals surface area contributed by atoms with Crippen molar-refractivity contribution in [3.63, 3.8) is 0 Å². The third-order valence-electron chi connectivity index (χ3n) is 5.88. The summed E-state index contributed by atoms with van der Waals surface area (Å²) in [5.74, 6) is -2.30. The molecule has 0 bridgehead atoms. The first-order chi connectivity index (χ1) is 12.8. The van der Waals surface area contributed by atoms with Crippen LogP contribution in [0, 0.1) is 29.4 Å². The number of halogens is 5. The molecule has 1 unspecified atom stereocenters. The van der Waals surface area contributed by atoms with Crippen LogP contribution in [0.2, 0.25) is 0 Å². The third-order valence-corrected chi connectivity index (χ3v) is 5.88. The first kappa shape index (κ1) is 19.9. The van der Waals surface area contributed by atoms with Gasteiger partial charge < -0.3 is 4.74 Å². The molecule has 1 aromatic carbocycles. The van der Waals surface area contributed by atoms with Crippen molar-refractivity contribution in [1.82, 2.24) is 0 Å². The molecule has 0 N–H and O–H groups in total. The summed E-state index contributed by atoms with van der Waals surface area (Å²) in [5.41, 5.74) is 0.611. The molecule has 3 rings (SSSR count). The van der Waals surface area contributed by atoms with Gasteiger partial charge in [-0.15, -0.1) is 19.8 Å². The van der Waals surface area contributed by atoms with E-state index in [-0.39, 0.29) is 5.56 Å². The number of ether oxygens (including phenoxy) is 1. The summed E-state index contributed by atoms with van der Waals surface area (Å²) < 4.78 is 68.8. The number of rotatable bonds is 4.